The molecule has 6 heteroatoms. The van der Waals surface area contributed by atoms with Crippen molar-refractivity contribution in [3.63, 3.8) is 0 Å². The van der Waals surface area contributed by atoms with E-state index in [0.29, 0.717) is 18.7 Å². The number of hydrogen-bond acceptors (Lipinski definition) is 3. The number of aryl methyl sites for hydroxylation is 1. The Kier molecular flexibility index (Phi) is 9.97. The van der Waals surface area contributed by atoms with Crippen molar-refractivity contribution >= 4 is 17.7 Å². The van der Waals surface area contributed by atoms with Crippen molar-refractivity contribution in [1.29, 1.82) is 0 Å². The maximum absolute atomic E-state index is 13.1. The van der Waals surface area contributed by atoms with E-state index >= 15 is 0 Å². The summed E-state index contributed by atoms with van der Waals surface area (Å²) in [7, 11) is 0. The first-order valence-corrected chi connectivity index (χ1v) is 13.4. The molecule has 0 aromatic heterocycles. The highest BCUT2D eigenvalue weighted by molar-refractivity contribution is 5.95. The van der Waals surface area contributed by atoms with Gasteiger partial charge in [-0.1, -0.05) is 57.7 Å². The van der Waals surface area contributed by atoms with Gasteiger partial charge in [0.2, 0.25) is 11.8 Å². The highest BCUT2D eigenvalue weighted by Gasteiger charge is 2.33. The van der Waals surface area contributed by atoms with Gasteiger partial charge in [0, 0.05) is 42.6 Å². The molecule has 0 bridgehead atoms. The Labute approximate surface area is 205 Å². The summed E-state index contributed by atoms with van der Waals surface area (Å²) in [6.45, 7) is 7.53. The zero-order valence-corrected chi connectivity index (χ0v) is 21.3. The molecule has 2 fully saturated rings. The minimum Gasteiger partial charge on any atom is -0.351 e. The molecule has 0 unspecified atom stereocenters. The zero-order chi connectivity index (χ0) is 24.5. The molecule has 3 atom stereocenters. The molecule has 2 N–H and O–H groups in total. The Morgan fingerprint density at radius 1 is 0.971 bits per heavy atom. The van der Waals surface area contributed by atoms with Crippen LogP contribution in [0.4, 0.5) is 0 Å². The number of nitrogens with one attached hydrogen (secondary N) is 2. The zero-order valence-electron chi connectivity index (χ0n) is 21.3. The van der Waals surface area contributed by atoms with Crippen LogP contribution >= 0.6 is 0 Å². The van der Waals surface area contributed by atoms with Crippen LogP contribution in [0.2, 0.25) is 0 Å². The van der Waals surface area contributed by atoms with E-state index in [1.165, 1.54) is 0 Å². The largest absolute Gasteiger partial charge is 0.351 e. The molecule has 34 heavy (non-hydrogen) atoms. The Bertz CT molecular complexity index is 832. The fourth-order valence-electron chi connectivity index (χ4n) is 5.42. The number of amides is 3. The van der Waals surface area contributed by atoms with Crippen LogP contribution in [0.15, 0.2) is 24.3 Å². The third-order valence-corrected chi connectivity index (χ3v) is 7.73. The predicted octanol–water partition coefficient (Wildman–Crippen LogP) is 4.61. The summed E-state index contributed by atoms with van der Waals surface area (Å²) in [5.74, 6) is 0.331. The van der Waals surface area contributed by atoms with E-state index in [-0.39, 0.29) is 41.6 Å². The Hall–Kier alpha value is -2.37. The number of likely N-dealkylation sites (tertiary alicyclic amines) is 1. The second-order valence-corrected chi connectivity index (χ2v) is 10.1. The lowest BCUT2D eigenvalue weighted by atomic mass is 9.88. The number of benzene rings is 1. The molecule has 1 aliphatic heterocycles. The molecule has 188 valence electrons. The number of rotatable bonds is 9. The van der Waals surface area contributed by atoms with Crippen molar-refractivity contribution in [2.24, 2.45) is 11.8 Å². The fraction of sp³-hybridized carbons (Fsp3) is 0.679. The highest BCUT2D eigenvalue weighted by atomic mass is 16.2. The van der Waals surface area contributed by atoms with E-state index in [9.17, 15) is 14.4 Å². The van der Waals surface area contributed by atoms with Crippen LogP contribution < -0.4 is 10.6 Å². The van der Waals surface area contributed by atoms with Crippen molar-refractivity contribution in [1.82, 2.24) is 15.5 Å². The van der Waals surface area contributed by atoms with E-state index in [4.69, 9.17) is 0 Å². The topological polar surface area (TPSA) is 78.5 Å². The van der Waals surface area contributed by atoms with Gasteiger partial charge in [0.05, 0.1) is 0 Å². The van der Waals surface area contributed by atoms with Crippen molar-refractivity contribution < 1.29 is 14.4 Å². The second-order valence-electron chi connectivity index (χ2n) is 10.1. The summed E-state index contributed by atoms with van der Waals surface area (Å²) in [5, 5.41) is 6.44. The molecule has 1 aromatic rings. The summed E-state index contributed by atoms with van der Waals surface area (Å²) in [6, 6.07) is 7.52. The number of hydrogen-bond donors (Lipinski definition) is 2. The number of carbonyl (C=O) groups excluding carboxylic acids is 3. The Balaban J connectivity index is 1.51. The van der Waals surface area contributed by atoms with Gasteiger partial charge in [-0.2, -0.15) is 0 Å². The van der Waals surface area contributed by atoms with E-state index in [1.54, 1.807) is 0 Å². The van der Waals surface area contributed by atoms with Gasteiger partial charge in [0.1, 0.15) is 0 Å². The lowest BCUT2D eigenvalue weighted by Gasteiger charge is -2.36. The first kappa shape index (κ1) is 26.2. The molecule has 1 saturated heterocycles. The quantitative estimate of drug-likeness (QED) is 0.554. The molecule has 1 heterocycles. The normalized spacial score (nSPS) is 22.1. The molecule has 1 aromatic carbocycles. The average Bonchev–Trinajstić information content (AvgIpc) is 2.85. The highest BCUT2D eigenvalue weighted by Crippen LogP contribution is 2.24. The average molecular weight is 470 g/mol. The molecule has 3 amide bonds. The predicted molar refractivity (Wildman–Crippen MR) is 135 cm³/mol. The van der Waals surface area contributed by atoms with Crippen LogP contribution in [0.25, 0.3) is 0 Å². The van der Waals surface area contributed by atoms with Crippen molar-refractivity contribution in [3.8, 4) is 0 Å². The van der Waals surface area contributed by atoms with Crippen molar-refractivity contribution in [2.45, 2.75) is 97.1 Å². The lowest BCUT2D eigenvalue weighted by molar-refractivity contribution is -0.139. The van der Waals surface area contributed by atoms with Gasteiger partial charge in [-0.15, -0.1) is 0 Å². The van der Waals surface area contributed by atoms with E-state index < -0.39 is 0 Å². The molecule has 0 spiro atoms. The van der Waals surface area contributed by atoms with Gasteiger partial charge in [0.25, 0.3) is 5.91 Å². The first-order chi connectivity index (χ1) is 16.4. The van der Waals surface area contributed by atoms with Gasteiger partial charge in [-0.25, -0.2) is 0 Å². The fourth-order valence-corrected chi connectivity index (χ4v) is 5.42. The van der Waals surface area contributed by atoms with Gasteiger partial charge in [-0.3, -0.25) is 14.4 Å². The third kappa shape index (κ3) is 6.83. The summed E-state index contributed by atoms with van der Waals surface area (Å²) in [6.07, 6.45) is 9.37. The van der Waals surface area contributed by atoms with E-state index in [2.05, 4.69) is 24.5 Å². The second kappa shape index (κ2) is 12.9. The van der Waals surface area contributed by atoms with Crippen LogP contribution in [0, 0.1) is 18.8 Å². The third-order valence-electron chi connectivity index (χ3n) is 7.73. The smallest absolute Gasteiger partial charge is 0.251 e. The van der Waals surface area contributed by atoms with Gasteiger partial charge in [-0.05, 0) is 57.1 Å². The summed E-state index contributed by atoms with van der Waals surface area (Å²) in [5.41, 5.74) is 1.65. The summed E-state index contributed by atoms with van der Waals surface area (Å²) in [4.78, 5) is 40.8. The molecule has 1 aliphatic carbocycles. The molecule has 0 radical (unpaired) electrons. The minimum absolute atomic E-state index is 0.0348. The number of piperidine rings is 1. The molecule has 2 aliphatic rings. The number of unbranched alkanes of at least 4 members (excludes halogenated alkanes) is 1. The molecule has 1 saturated carbocycles. The van der Waals surface area contributed by atoms with Gasteiger partial charge < -0.3 is 15.5 Å². The lowest BCUT2D eigenvalue weighted by Crippen LogP contribution is -2.55. The number of carbonyl (C=O) groups is 3. The van der Waals surface area contributed by atoms with Crippen LogP contribution in [0.1, 0.15) is 94.0 Å². The first-order valence-electron chi connectivity index (χ1n) is 13.4. The Morgan fingerprint density at radius 2 is 1.62 bits per heavy atom. The monoisotopic (exact) mass is 469 g/mol. The van der Waals surface area contributed by atoms with Gasteiger partial charge in [0.15, 0.2) is 0 Å². The van der Waals surface area contributed by atoms with Gasteiger partial charge >= 0.3 is 0 Å². The van der Waals surface area contributed by atoms with E-state index in [1.807, 2.05) is 36.1 Å². The maximum atomic E-state index is 13.1. The van der Waals surface area contributed by atoms with Crippen LogP contribution in [-0.2, 0) is 9.59 Å². The van der Waals surface area contributed by atoms with Crippen LogP contribution in [0.5, 0.6) is 0 Å². The minimum atomic E-state index is -0.0652. The van der Waals surface area contributed by atoms with E-state index in [0.717, 1.165) is 69.8 Å². The number of nitrogens with zero attached hydrogens (tertiary/aromatic N) is 1. The van der Waals surface area contributed by atoms with Crippen LogP contribution in [0.3, 0.4) is 0 Å². The maximum Gasteiger partial charge on any atom is 0.251 e. The Morgan fingerprint density at radius 3 is 2.24 bits per heavy atom. The molecular formula is C28H43N3O3. The molecular weight excluding hydrogens is 426 g/mol. The molecule has 3 rings (SSSR count). The standard InChI is InChI=1S/C28H43N3O3/c1-4-6-12-21(5-2)28(34)31-18-16-22(17-19-31)26(32)29-24-14-9-10-15-25(24)30-27(33)23-13-8-7-11-20(23)3/h7-8,11,13,21-22,24-25H,4-6,9-10,12,14-19H2,1-3H3,(H,29,32)(H,30,33)/t21-,24-,25-/m1/s1. The SMILES string of the molecule is CCCC[C@@H](CC)C(=O)N1CCC(C(=O)N[C@@H]2CCCC[C@H]2NC(=O)c2ccccc2C)CC1. The van der Waals surface area contributed by atoms with Crippen molar-refractivity contribution in [2.75, 3.05) is 13.1 Å². The summed E-state index contributed by atoms with van der Waals surface area (Å²) >= 11 is 0. The summed E-state index contributed by atoms with van der Waals surface area (Å²) < 4.78 is 0. The van der Waals surface area contributed by atoms with Crippen LogP contribution in [-0.4, -0.2) is 47.8 Å². The molecule has 6 nitrogen and oxygen atoms in total. The van der Waals surface area contributed by atoms with Crippen molar-refractivity contribution in [3.05, 3.63) is 35.4 Å².